The van der Waals surface area contributed by atoms with Crippen LogP contribution >= 0.6 is 0 Å². The Balaban J connectivity index is 1.92. The van der Waals surface area contributed by atoms with Crippen molar-refractivity contribution in [2.75, 3.05) is 0 Å². The molecule has 0 radical (unpaired) electrons. The maximum Gasteiger partial charge on any atom is 0.141 e. The highest BCUT2D eigenvalue weighted by Crippen LogP contribution is 2.19. The number of para-hydroxylation sites is 1. The third kappa shape index (κ3) is 2.13. The van der Waals surface area contributed by atoms with E-state index in [0.717, 1.165) is 5.69 Å². The van der Waals surface area contributed by atoms with Gasteiger partial charge in [-0.1, -0.05) is 23.4 Å². The molecule has 0 aliphatic rings. The molecule has 0 aliphatic carbocycles. The largest absolute Gasteiger partial charge is 0.380 e. The van der Waals surface area contributed by atoms with Gasteiger partial charge in [0.1, 0.15) is 6.10 Å². The second-order valence-electron chi connectivity index (χ2n) is 4.21. The minimum absolute atomic E-state index is 0.564. The maximum absolute atomic E-state index is 10.2. The van der Waals surface area contributed by atoms with Gasteiger partial charge in [0.25, 0.3) is 0 Å². The first-order valence-electron chi connectivity index (χ1n) is 5.89. The summed E-state index contributed by atoms with van der Waals surface area (Å²) in [4.78, 5) is 0. The van der Waals surface area contributed by atoms with Crippen molar-refractivity contribution in [3.63, 3.8) is 0 Å². The summed E-state index contributed by atoms with van der Waals surface area (Å²) in [5.41, 5.74) is 2.12. The molecule has 3 rings (SSSR count). The van der Waals surface area contributed by atoms with Gasteiger partial charge in [0, 0.05) is 13.2 Å². The first kappa shape index (κ1) is 11.6. The Labute approximate surface area is 109 Å². The number of aliphatic hydroxyl groups excluding tert-OH is 1. The highest BCUT2D eigenvalue weighted by atomic mass is 16.3. The monoisotopic (exact) mass is 255 g/mol. The quantitative estimate of drug-likeness (QED) is 0.760. The lowest BCUT2D eigenvalue weighted by atomic mass is 10.2. The summed E-state index contributed by atoms with van der Waals surface area (Å²) in [6.45, 7) is 0. The Kier molecular flexibility index (Phi) is 2.85. The topological polar surface area (TPSA) is 68.8 Å². The minimum Gasteiger partial charge on any atom is -0.380 e. The number of aryl methyl sites for hydroxylation is 1. The van der Waals surface area contributed by atoms with Gasteiger partial charge in [0.15, 0.2) is 0 Å². The van der Waals surface area contributed by atoms with Crippen molar-refractivity contribution >= 4 is 0 Å². The summed E-state index contributed by atoms with van der Waals surface area (Å²) in [7, 11) is 1.74. The second kappa shape index (κ2) is 4.66. The van der Waals surface area contributed by atoms with Crippen molar-refractivity contribution in [3.8, 4) is 5.69 Å². The smallest absolute Gasteiger partial charge is 0.141 e. The highest BCUT2D eigenvalue weighted by molar-refractivity contribution is 5.31. The van der Waals surface area contributed by atoms with E-state index in [2.05, 4.69) is 15.4 Å². The Morgan fingerprint density at radius 1 is 1.16 bits per heavy atom. The Morgan fingerprint density at radius 2 is 1.95 bits per heavy atom. The Hall–Kier alpha value is -2.47. The fraction of sp³-hybridized carbons (Fsp3) is 0.154. The Bertz CT molecular complexity index is 673. The number of rotatable bonds is 3. The molecule has 2 aromatic heterocycles. The zero-order valence-electron chi connectivity index (χ0n) is 10.4. The van der Waals surface area contributed by atoms with Crippen molar-refractivity contribution < 1.29 is 5.11 Å². The van der Waals surface area contributed by atoms with E-state index >= 15 is 0 Å². The van der Waals surface area contributed by atoms with Crippen molar-refractivity contribution in [3.05, 3.63) is 60.2 Å². The summed E-state index contributed by atoms with van der Waals surface area (Å²) in [6.07, 6.45) is 2.52. The molecule has 0 bridgehead atoms. The standard InChI is InChI=1S/C13H13N5O/c1-17-12(9-14-16-17)13(19)11-7-8-18(15-11)10-5-3-2-4-6-10/h2-9,13,19H,1H3. The van der Waals surface area contributed by atoms with Gasteiger partial charge in [-0.25, -0.2) is 9.36 Å². The molecule has 6 nitrogen and oxygen atoms in total. The SMILES string of the molecule is Cn1nncc1C(O)c1ccn(-c2ccccc2)n1. The predicted molar refractivity (Wildman–Crippen MR) is 68.6 cm³/mol. The molecule has 1 atom stereocenters. The average molecular weight is 255 g/mol. The third-order valence-corrected chi connectivity index (χ3v) is 2.94. The van der Waals surface area contributed by atoms with Gasteiger partial charge in [0.05, 0.1) is 23.3 Å². The molecule has 1 unspecified atom stereocenters. The van der Waals surface area contributed by atoms with Crippen LogP contribution in [-0.4, -0.2) is 29.9 Å². The molecule has 0 saturated heterocycles. The number of nitrogens with zero attached hydrogens (tertiary/aromatic N) is 5. The Morgan fingerprint density at radius 3 is 2.63 bits per heavy atom. The molecule has 0 spiro atoms. The molecule has 1 aromatic carbocycles. The molecular formula is C13H13N5O. The average Bonchev–Trinajstić information content (AvgIpc) is 3.08. The van der Waals surface area contributed by atoms with E-state index in [4.69, 9.17) is 0 Å². The van der Waals surface area contributed by atoms with Crippen LogP contribution in [0.5, 0.6) is 0 Å². The summed E-state index contributed by atoms with van der Waals surface area (Å²) in [6, 6.07) is 11.5. The molecule has 0 fully saturated rings. The molecule has 96 valence electrons. The predicted octanol–water partition coefficient (Wildman–Crippen LogP) is 1.08. The summed E-state index contributed by atoms with van der Waals surface area (Å²) in [5, 5.41) is 22.2. The van der Waals surface area contributed by atoms with Crippen LogP contribution in [0.15, 0.2) is 48.8 Å². The van der Waals surface area contributed by atoms with Crippen molar-refractivity contribution in [2.45, 2.75) is 6.10 Å². The fourth-order valence-corrected chi connectivity index (χ4v) is 1.91. The van der Waals surface area contributed by atoms with E-state index < -0.39 is 6.10 Å². The second-order valence-corrected chi connectivity index (χ2v) is 4.21. The molecule has 1 N–H and O–H groups in total. The van der Waals surface area contributed by atoms with Crippen molar-refractivity contribution in [2.24, 2.45) is 7.05 Å². The van der Waals surface area contributed by atoms with Crippen LogP contribution in [0.1, 0.15) is 17.5 Å². The van der Waals surface area contributed by atoms with Crippen LogP contribution in [0, 0.1) is 0 Å². The number of hydrogen-bond donors (Lipinski definition) is 1. The molecule has 0 aliphatic heterocycles. The lowest BCUT2D eigenvalue weighted by Crippen LogP contribution is -2.08. The summed E-state index contributed by atoms with van der Waals surface area (Å²) < 4.78 is 3.26. The van der Waals surface area contributed by atoms with Crippen LogP contribution in [0.25, 0.3) is 5.69 Å². The zero-order valence-corrected chi connectivity index (χ0v) is 10.4. The lowest BCUT2D eigenvalue weighted by molar-refractivity contribution is 0.204. The third-order valence-electron chi connectivity index (χ3n) is 2.94. The van der Waals surface area contributed by atoms with E-state index in [1.807, 2.05) is 36.5 Å². The molecule has 0 amide bonds. The molecular weight excluding hydrogens is 242 g/mol. The van der Waals surface area contributed by atoms with Crippen LogP contribution in [0.3, 0.4) is 0 Å². The molecule has 2 heterocycles. The summed E-state index contributed by atoms with van der Waals surface area (Å²) >= 11 is 0. The van der Waals surface area contributed by atoms with Gasteiger partial charge in [-0.2, -0.15) is 5.10 Å². The number of aromatic nitrogens is 5. The van der Waals surface area contributed by atoms with E-state index in [0.29, 0.717) is 11.4 Å². The first-order chi connectivity index (χ1) is 9.25. The van der Waals surface area contributed by atoms with E-state index in [1.54, 1.807) is 17.8 Å². The number of aliphatic hydroxyl groups is 1. The molecule has 6 heteroatoms. The van der Waals surface area contributed by atoms with E-state index in [1.165, 1.54) is 10.9 Å². The van der Waals surface area contributed by atoms with Crippen molar-refractivity contribution in [1.82, 2.24) is 24.8 Å². The molecule has 0 saturated carbocycles. The number of hydrogen-bond acceptors (Lipinski definition) is 4. The lowest BCUT2D eigenvalue weighted by Gasteiger charge is -2.07. The first-order valence-corrected chi connectivity index (χ1v) is 5.89. The van der Waals surface area contributed by atoms with E-state index in [-0.39, 0.29) is 0 Å². The normalized spacial score (nSPS) is 12.5. The van der Waals surface area contributed by atoms with Crippen LogP contribution in [-0.2, 0) is 7.05 Å². The number of benzene rings is 1. The van der Waals surface area contributed by atoms with Gasteiger partial charge in [-0.05, 0) is 18.2 Å². The van der Waals surface area contributed by atoms with Gasteiger partial charge >= 0.3 is 0 Å². The van der Waals surface area contributed by atoms with Gasteiger partial charge < -0.3 is 5.11 Å². The van der Waals surface area contributed by atoms with Crippen LogP contribution in [0.4, 0.5) is 0 Å². The maximum atomic E-state index is 10.2. The van der Waals surface area contributed by atoms with E-state index in [9.17, 15) is 5.11 Å². The van der Waals surface area contributed by atoms with Crippen LogP contribution in [0.2, 0.25) is 0 Å². The van der Waals surface area contributed by atoms with Gasteiger partial charge in [-0.3, -0.25) is 0 Å². The van der Waals surface area contributed by atoms with Crippen molar-refractivity contribution in [1.29, 1.82) is 0 Å². The van der Waals surface area contributed by atoms with Gasteiger partial charge in [-0.15, -0.1) is 5.10 Å². The fourth-order valence-electron chi connectivity index (χ4n) is 1.91. The minimum atomic E-state index is -0.829. The molecule has 19 heavy (non-hydrogen) atoms. The van der Waals surface area contributed by atoms with Gasteiger partial charge in [0.2, 0.25) is 0 Å². The molecule has 3 aromatic rings. The van der Waals surface area contributed by atoms with Crippen LogP contribution < -0.4 is 0 Å². The zero-order chi connectivity index (χ0) is 13.2. The highest BCUT2D eigenvalue weighted by Gasteiger charge is 2.17. The summed E-state index contributed by atoms with van der Waals surface area (Å²) in [5.74, 6) is 0.